The van der Waals surface area contributed by atoms with Crippen LogP contribution < -0.4 is 10.6 Å². The molecule has 0 bridgehead atoms. The Hall–Kier alpha value is -1.33. The smallest absolute Gasteiger partial charge is 0.221 e. The number of ether oxygens (including phenoxy) is 1. The van der Waals surface area contributed by atoms with Gasteiger partial charge in [0.25, 0.3) is 0 Å². The van der Waals surface area contributed by atoms with Crippen molar-refractivity contribution in [1.29, 1.82) is 0 Å². The fourth-order valence-electron chi connectivity index (χ4n) is 1.92. The highest BCUT2D eigenvalue weighted by Crippen LogP contribution is 2.01. The third-order valence-corrected chi connectivity index (χ3v) is 2.95. The molecule has 0 spiro atoms. The van der Waals surface area contributed by atoms with Gasteiger partial charge in [-0.05, 0) is 12.1 Å². The molecule has 1 fully saturated rings. The molecule has 2 rings (SSSR count). The molecule has 0 aromatic carbocycles. The van der Waals surface area contributed by atoms with Crippen molar-refractivity contribution in [2.24, 2.45) is 7.05 Å². The Bertz CT molecular complexity index is 370. The standard InChI is InChI=1S/C12H19N3O2/c1-15-5-2-3-11(15)8-14-12(16)7-10-9-17-6-4-13-10/h2-3,5,10,13H,4,6-9H2,1H3,(H,14,16). The number of rotatable bonds is 4. The number of carbonyl (C=O) groups is 1. The Labute approximate surface area is 101 Å². The van der Waals surface area contributed by atoms with Crippen LogP contribution in [0.4, 0.5) is 0 Å². The molecule has 5 nitrogen and oxygen atoms in total. The summed E-state index contributed by atoms with van der Waals surface area (Å²) in [5.74, 6) is 0.0641. The van der Waals surface area contributed by atoms with E-state index in [4.69, 9.17) is 4.74 Å². The number of hydrogen-bond donors (Lipinski definition) is 2. The fourth-order valence-corrected chi connectivity index (χ4v) is 1.92. The maximum absolute atomic E-state index is 11.7. The molecule has 0 aliphatic carbocycles. The summed E-state index contributed by atoms with van der Waals surface area (Å²) in [7, 11) is 1.97. The third-order valence-electron chi connectivity index (χ3n) is 2.95. The maximum Gasteiger partial charge on any atom is 0.221 e. The number of hydrogen-bond acceptors (Lipinski definition) is 3. The third kappa shape index (κ3) is 3.57. The Morgan fingerprint density at radius 1 is 1.71 bits per heavy atom. The van der Waals surface area contributed by atoms with Crippen molar-refractivity contribution >= 4 is 5.91 Å². The Morgan fingerprint density at radius 2 is 2.59 bits per heavy atom. The van der Waals surface area contributed by atoms with E-state index in [0.717, 1.165) is 18.8 Å². The van der Waals surface area contributed by atoms with Crippen molar-refractivity contribution < 1.29 is 9.53 Å². The minimum atomic E-state index is 0.0641. The van der Waals surface area contributed by atoms with Crippen molar-refractivity contribution in [2.75, 3.05) is 19.8 Å². The van der Waals surface area contributed by atoms with Crippen LogP contribution >= 0.6 is 0 Å². The largest absolute Gasteiger partial charge is 0.378 e. The second-order valence-corrected chi connectivity index (χ2v) is 4.32. The van der Waals surface area contributed by atoms with Gasteiger partial charge in [0.15, 0.2) is 0 Å². The van der Waals surface area contributed by atoms with E-state index >= 15 is 0 Å². The van der Waals surface area contributed by atoms with E-state index in [1.54, 1.807) is 0 Å². The van der Waals surface area contributed by atoms with E-state index in [1.807, 2.05) is 29.9 Å². The second-order valence-electron chi connectivity index (χ2n) is 4.32. The molecule has 1 unspecified atom stereocenters. The fraction of sp³-hybridized carbons (Fsp3) is 0.583. The number of amides is 1. The molecule has 1 aliphatic heterocycles. The molecular weight excluding hydrogens is 218 g/mol. The summed E-state index contributed by atoms with van der Waals surface area (Å²) in [6.07, 6.45) is 2.45. The number of carbonyl (C=O) groups excluding carboxylic acids is 1. The molecule has 1 aromatic heterocycles. The number of nitrogens with zero attached hydrogens (tertiary/aromatic N) is 1. The van der Waals surface area contributed by atoms with Gasteiger partial charge < -0.3 is 19.9 Å². The lowest BCUT2D eigenvalue weighted by molar-refractivity contribution is -0.122. The predicted molar refractivity (Wildman–Crippen MR) is 64.5 cm³/mol. The highest BCUT2D eigenvalue weighted by atomic mass is 16.5. The lowest BCUT2D eigenvalue weighted by Gasteiger charge is -2.23. The molecule has 1 aromatic rings. The van der Waals surface area contributed by atoms with Gasteiger partial charge in [-0.3, -0.25) is 4.79 Å². The summed E-state index contributed by atoms with van der Waals surface area (Å²) >= 11 is 0. The SMILES string of the molecule is Cn1cccc1CNC(=O)CC1COCCN1. The van der Waals surface area contributed by atoms with Crippen molar-refractivity contribution in [2.45, 2.75) is 19.0 Å². The zero-order valence-electron chi connectivity index (χ0n) is 10.1. The molecule has 2 N–H and O–H groups in total. The molecule has 1 atom stereocenters. The van der Waals surface area contributed by atoms with Gasteiger partial charge in [-0.25, -0.2) is 0 Å². The van der Waals surface area contributed by atoms with E-state index in [9.17, 15) is 4.79 Å². The lowest BCUT2D eigenvalue weighted by Crippen LogP contribution is -2.44. The molecule has 1 amide bonds. The van der Waals surface area contributed by atoms with Crippen molar-refractivity contribution in [1.82, 2.24) is 15.2 Å². The summed E-state index contributed by atoms with van der Waals surface area (Å²) in [5, 5.41) is 6.18. The number of aryl methyl sites for hydroxylation is 1. The maximum atomic E-state index is 11.7. The molecular formula is C12H19N3O2. The van der Waals surface area contributed by atoms with Crippen molar-refractivity contribution in [3.8, 4) is 0 Å². The summed E-state index contributed by atoms with van der Waals surface area (Å²) in [6, 6.07) is 4.12. The first-order valence-electron chi connectivity index (χ1n) is 5.94. The van der Waals surface area contributed by atoms with Gasteiger partial charge in [0.05, 0.1) is 19.8 Å². The number of aromatic nitrogens is 1. The van der Waals surface area contributed by atoms with Crippen molar-refractivity contribution in [3.63, 3.8) is 0 Å². The lowest BCUT2D eigenvalue weighted by atomic mass is 10.2. The zero-order chi connectivity index (χ0) is 12.1. The van der Waals surface area contributed by atoms with Gasteiger partial charge in [-0.15, -0.1) is 0 Å². The summed E-state index contributed by atoms with van der Waals surface area (Å²) < 4.78 is 7.31. The predicted octanol–water partition coefficient (Wildman–Crippen LogP) is 0.0198. The monoisotopic (exact) mass is 237 g/mol. The molecule has 1 saturated heterocycles. The van der Waals surface area contributed by atoms with Crippen LogP contribution in [0, 0.1) is 0 Å². The normalized spacial score (nSPS) is 20.2. The highest BCUT2D eigenvalue weighted by molar-refractivity contribution is 5.76. The molecule has 2 heterocycles. The molecule has 0 saturated carbocycles. The Kier molecular flexibility index (Phi) is 4.17. The van der Waals surface area contributed by atoms with Crippen LogP contribution in [0.15, 0.2) is 18.3 Å². The van der Waals surface area contributed by atoms with Crippen molar-refractivity contribution in [3.05, 3.63) is 24.0 Å². The van der Waals surface area contributed by atoms with Crippen LogP contribution in [-0.2, 0) is 23.1 Å². The van der Waals surface area contributed by atoms with E-state index in [-0.39, 0.29) is 11.9 Å². The average molecular weight is 237 g/mol. The van der Waals surface area contributed by atoms with E-state index in [0.29, 0.717) is 19.6 Å². The topological polar surface area (TPSA) is 55.3 Å². The van der Waals surface area contributed by atoms with E-state index < -0.39 is 0 Å². The molecule has 5 heteroatoms. The number of nitrogens with one attached hydrogen (secondary N) is 2. The average Bonchev–Trinajstić information content (AvgIpc) is 2.74. The molecule has 0 radical (unpaired) electrons. The summed E-state index contributed by atoms with van der Waals surface area (Å²) in [5.41, 5.74) is 1.10. The van der Waals surface area contributed by atoms with Crippen LogP contribution in [0.1, 0.15) is 12.1 Å². The van der Waals surface area contributed by atoms with Gasteiger partial charge in [-0.1, -0.05) is 0 Å². The summed E-state index contributed by atoms with van der Waals surface area (Å²) in [6.45, 7) is 2.77. The first kappa shape index (κ1) is 12.1. The van der Waals surface area contributed by atoms with E-state index in [2.05, 4.69) is 10.6 Å². The Morgan fingerprint density at radius 3 is 3.24 bits per heavy atom. The quantitative estimate of drug-likeness (QED) is 0.776. The van der Waals surface area contributed by atoms with Crippen LogP contribution in [0.25, 0.3) is 0 Å². The first-order valence-corrected chi connectivity index (χ1v) is 5.94. The number of morpholine rings is 1. The molecule has 94 valence electrons. The zero-order valence-corrected chi connectivity index (χ0v) is 10.1. The van der Waals surface area contributed by atoms with Gasteiger partial charge in [-0.2, -0.15) is 0 Å². The molecule has 17 heavy (non-hydrogen) atoms. The van der Waals surface area contributed by atoms with Crippen LogP contribution in [0.5, 0.6) is 0 Å². The minimum absolute atomic E-state index is 0.0641. The van der Waals surface area contributed by atoms with Gasteiger partial charge >= 0.3 is 0 Å². The first-order chi connectivity index (χ1) is 8.25. The van der Waals surface area contributed by atoms with Crippen LogP contribution in [-0.4, -0.2) is 36.3 Å². The molecule has 1 aliphatic rings. The van der Waals surface area contributed by atoms with Gasteiger partial charge in [0, 0.05) is 37.9 Å². The summed E-state index contributed by atoms with van der Waals surface area (Å²) in [4.78, 5) is 11.7. The van der Waals surface area contributed by atoms with Crippen LogP contribution in [0.2, 0.25) is 0 Å². The highest BCUT2D eigenvalue weighted by Gasteiger charge is 2.16. The Balaban J connectivity index is 1.72. The second kappa shape index (κ2) is 5.84. The van der Waals surface area contributed by atoms with Gasteiger partial charge in [0.2, 0.25) is 5.91 Å². The van der Waals surface area contributed by atoms with Gasteiger partial charge in [0.1, 0.15) is 0 Å². The van der Waals surface area contributed by atoms with E-state index in [1.165, 1.54) is 0 Å². The minimum Gasteiger partial charge on any atom is -0.378 e. The van der Waals surface area contributed by atoms with Crippen LogP contribution in [0.3, 0.4) is 0 Å².